The molecule has 0 aliphatic rings. The fourth-order valence-electron chi connectivity index (χ4n) is 2.04. The van der Waals surface area contributed by atoms with Crippen molar-refractivity contribution in [2.24, 2.45) is 5.73 Å². The molecule has 5 heteroatoms. The lowest BCUT2D eigenvalue weighted by molar-refractivity contribution is 0.256. The minimum atomic E-state index is -0.288. The molecule has 20 heavy (non-hydrogen) atoms. The highest BCUT2D eigenvalue weighted by atomic mass is 19.1. The predicted octanol–water partition coefficient (Wildman–Crippen LogP) is 1.88. The lowest BCUT2D eigenvalue weighted by Crippen LogP contribution is -2.27. The van der Waals surface area contributed by atoms with Gasteiger partial charge in [-0.15, -0.1) is 0 Å². The maximum Gasteiger partial charge on any atom is 0.128 e. The lowest BCUT2D eigenvalue weighted by atomic mass is 10.1. The minimum absolute atomic E-state index is 0.103. The molecule has 1 rings (SSSR count). The fourth-order valence-corrected chi connectivity index (χ4v) is 2.04. The van der Waals surface area contributed by atoms with Crippen molar-refractivity contribution in [3.8, 4) is 0 Å². The number of nitrogens with two attached hydrogens (primary N) is 1. The molecule has 1 aromatic rings. The van der Waals surface area contributed by atoms with Crippen LogP contribution in [0, 0.1) is 11.2 Å². The molecule has 3 N–H and O–H groups in total. The van der Waals surface area contributed by atoms with Crippen LogP contribution in [-0.4, -0.2) is 49.4 Å². The van der Waals surface area contributed by atoms with Crippen molar-refractivity contribution in [2.75, 3.05) is 33.7 Å². The van der Waals surface area contributed by atoms with Crippen LogP contribution < -0.4 is 5.73 Å². The van der Waals surface area contributed by atoms with Crippen LogP contribution in [0.2, 0.25) is 0 Å². The van der Waals surface area contributed by atoms with Gasteiger partial charge in [0.25, 0.3) is 0 Å². The van der Waals surface area contributed by atoms with Gasteiger partial charge in [-0.2, -0.15) is 0 Å². The average Bonchev–Trinajstić information content (AvgIpc) is 2.38. The topological polar surface area (TPSA) is 56.4 Å². The van der Waals surface area contributed by atoms with Crippen LogP contribution in [0.25, 0.3) is 0 Å². The summed E-state index contributed by atoms with van der Waals surface area (Å²) in [7, 11) is 4.10. The summed E-state index contributed by atoms with van der Waals surface area (Å²) in [6.45, 7) is 5.54. The molecule has 0 heterocycles. The van der Waals surface area contributed by atoms with Crippen LogP contribution in [0.3, 0.4) is 0 Å². The van der Waals surface area contributed by atoms with Gasteiger partial charge in [0.1, 0.15) is 11.7 Å². The first-order valence-corrected chi connectivity index (χ1v) is 6.94. The third kappa shape index (κ3) is 5.27. The number of hydrogen-bond donors (Lipinski definition) is 2. The third-order valence-electron chi connectivity index (χ3n) is 3.28. The summed E-state index contributed by atoms with van der Waals surface area (Å²) in [5.74, 6) is -0.391. The molecule has 4 nitrogen and oxygen atoms in total. The molecule has 0 aliphatic carbocycles. The number of nitrogens with one attached hydrogen (secondary N) is 1. The van der Waals surface area contributed by atoms with E-state index < -0.39 is 0 Å². The fraction of sp³-hybridized carbons (Fsp3) is 0.533. The Hall–Kier alpha value is -1.46. The summed E-state index contributed by atoms with van der Waals surface area (Å²) in [4.78, 5) is 4.37. The summed E-state index contributed by atoms with van der Waals surface area (Å²) in [6.07, 6.45) is 1.06. The normalized spacial score (nSPS) is 11.3. The third-order valence-corrected chi connectivity index (χ3v) is 3.28. The molecule has 112 valence electrons. The van der Waals surface area contributed by atoms with E-state index in [0.29, 0.717) is 17.7 Å². The molecular formula is C15H25FN4. The van der Waals surface area contributed by atoms with Crippen molar-refractivity contribution >= 4 is 5.84 Å². The molecule has 0 bridgehead atoms. The van der Waals surface area contributed by atoms with E-state index in [1.807, 2.05) is 0 Å². The largest absolute Gasteiger partial charge is 0.384 e. The highest BCUT2D eigenvalue weighted by molar-refractivity contribution is 5.94. The zero-order valence-corrected chi connectivity index (χ0v) is 12.6. The Morgan fingerprint density at radius 2 is 2.00 bits per heavy atom. The second kappa shape index (κ2) is 7.97. The van der Waals surface area contributed by atoms with Crippen LogP contribution >= 0.6 is 0 Å². The number of halogens is 1. The number of nitrogens with zero attached hydrogens (tertiary/aromatic N) is 2. The Labute approximate surface area is 120 Å². The van der Waals surface area contributed by atoms with E-state index in [-0.39, 0.29) is 11.7 Å². The van der Waals surface area contributed by atoms with Crippen molar-refractivity contribution < 1.29 is 4.39 Å². The number of benzene rings is 1. The number of nitrogen functional groups attached to an aromatic ring is 1. The first kappa shape index (κ1) is 16.6. The average molecular weight is 280 g/mol. The van der Waals surface area contributed by atoms with Crippen LogP contribution in [0.4, 0.5) is 4.39 Å². The maximum atomic E-state index is 14.0. The monoisotopic (exact) mass is 280 g/mol. The van der Waals surface area contributed by atoms with Crippen molar-refractivity contribution in [3.05, 3.63) is 35.1 Å². The number of rotatable bonds is 8. The Morgan fingerprint density at radius 1 is 1.30 bits per heavy atom. The van der Waals surface area contributed by atoms with Gasteiger partial charge in [-0.1, -0.05) is 19.1 Å². The number of hydrogen-bond acceptors (Lipinski definition) is 3. The first-order valence-electron chi connectivity index (χ1n) is 6.94. The molecule has 0 amide bonds. The molecule has 0 atom stereocenters. The van der Waals surface area contributed by atoms with Crippen molar-refractivity contribution in [1.82, 2.24) is 9.80 Å². The summed E-state index contributed by atoms with van der Waals surface area (Å²) in [5, 5.41) is 7.31. The predicted molar refractivity (Wildman–Crippen MR) is 81.5 cm³/mol. The quantitative estimate of drug-likeness (QED) is 0.565. The molecule has 0 spiro atoms. The number of amidine groups is 1. The van der Waals surface area contributed by atoms with Crippen LogP contribution in [0.1, 0.15) is 24.5 Å². The van der Waals surface area contributed by atoms with Gasteiger partial charge in [-0.25, -0.2) is 4.39 Å². The molecule has 0 radical (unpaired) electrons. The Morgan fingerprint density at radius 3 is 2.50 bits per heavy atom. The van der Waals surface area contributed by atoms with E-state index >= 15 is 0 Å². The standard InChI is InChI=1S/C15H25FN4/c1-4-20(9-5-8-19(2)3)11-13-7-6-12(15(17)18)10-14(13)16/h6-7,10H,4-5,8-9,11H2,1-3H3,(H3,17,18). The van der Waals surface area contributed by atoms with E-state index in [9.17, 15) is 4.39 Å². The van der Waals surface area contributed by atoms with Crippen molar-refractivity contribution in [3.63, 3.8) is 0 Å². The van der Waals surface area contributed by atoms with Crippen LogP contribution in [0.15, 0.2) is 18.2 Å². The lowest BCUT2D eigenvalue weighted by Gasteiger charge is -2.22. The minimum Gasteiger partial charge on any atom is -0.384 e. The maximum absolute atomic E-state index is 14.0. The highest BCUT2D eigenvalue weighted by Gasteiger charge is 2.09. The van der Waals surface area contributed by atoms with Crippen molar-refractivity contribution in [1.29, 1.82) is 5.41 Å². The molecular weight excluding hydrogens is 255 g/mol. The smallest absolute Gasteiger partial charge is 0.128 e. The van der Waals surface area contributed by atoms with Gasteiger partial charge in [0.15, 0.2) is 0 Å². The van der Waals surface area contributed by atoms with Crippen LogP contribution in [0.5, 0.6) is 0 Å². The highest BCUT2D eigenvalue weighted by Crippen LogP contribution is 2.13. The van der Waals surface area contributed by atoms with E-state index in [1.54, 1.807) is 12.1 Å². The second-order valence-corrected chi connectivity index (χ2v) is 5.25. The SMILES string of the molecule is CCN(CCCN(C)C)Cc1ccc(C(=N)N)cc1F. The van der Waals surface area contributed by atoms with E-state index in [2.05, 4.69) is 30.8 Å². The van der Waals surface area contributed by atoms with E-state index in [0.717, 1.165) is 26.1 Å². The second-order valence-electron chi connectivity index (χ2n) is 5.25. The van der Waals surface area contributed by atoms with E-state index in [4.69, 9.17) is 11.1 Å². The molecule has 0 unspecified atom stereocenters. The Kier molecular flexibility index (Phi) is 6.61. The Balaban J connectivity index is 2.63. The van der Waals surface area contributed by atoms with Gasteiger partial charge in [0.2, 0.25) is 0 Å². The van der Waals surface area contributed by atoms with Gasteiger partial charge in [0, 0.05) is 17.7 Å². The zero-order chi connectivity index (χ0) is 15.1. The van der Waals surface area contributed by atoms with Gasteiger partial charge < -0.3 is 10.6 Å². The molecule has 0 aliphatic heterocycles. The van der Waals surface area contributed by atoms with Gasteiger partial charge in [-0.3, -0.25) is 10.3 Å². The van der Waals surface area contributed by atoms with Gasteiger partial charge >= 0.3 is 0 Å². The molecule has 0 fully saturated rings. The molecule has 0 saturated carbocycles. The summed E-state index contributed by atoms with van der Waals surface area (Å²) >= 11 is 0. The summed E-state index contributed by atoms with van der Waals surface area (Å²) < 4.78 is 14.0. The summed E-state index contributed by atoms with van der Waals surface area (Å²) in [6, 6.07) is 4.76. The molecule has 0 aromatic heterocycles. The van der Waals surface area contributed by atoms with Gasteiger partial charge in [-0.05, 0) is 46.2 Å². The van der Waals surface area contributed by atoms with Crippen LogP contribution in [-0.2, 0) is 6.54 Å². The van der Waals surface area contributed by atoms with Crippen molar-refractivity contribution in [2.45, 2.75) is 19.9 Å². The Bertz CT molecular complexity index is 445. The molecule has 1 aromatic carbocycles. The zero-order valence-electron chi connectivity index (χ0n) is 12.6. The van der Waals surface area contributed by atoms with Gasteiger partial charge in [0.05, 0.1) is 0 Å². The first-order chi connectivity index (χ1) is 9.43. The van der Waals surface area contributed by atoms with E-state index in [1.165, 1.54) is 6.07 Å². The molecule has 0 saturated heterocycles. The summed E-state index contributed by atoms with van der Waals surface area (Å²) in [5.41, 5.74) is 6.44.